The van der Waals surface area contributed by atoms with E-state index in [1.165, 1.54) is 17.7 Å². The van der Waals surface area contributed by atoms with Gasteiger partial charge in [-0.1, -0.05) is 11.6 Å². The summed E-state index contributed by atoms with van der Waals surface area (Å²) in [5, 5.41) is 6.10. The minimum Gasteiger partial charge on any atom is -0.385 e. The standard InChI is InChI=1S/C16H14ClFN2O/c17-13-5-3-11(9-14(13)18)16(21)20-12-4-6-15-10(8-12)2-1-7-19-15/h3-6,8-9,19H,1-2,7H2,(H,20,21). The van der Waals surface area contributed by atoms with Crippen molar-refractivity contribution in [1.29, 1.82) is 0 Å². The summed E-state index contributed by atoms with van der Waals surface area (Å²) in [7, 11) is 0. The molecule has 2 aromatic carbocycles. The molecule has 1 amide bonds. The van der Waals surface area contributed by atoms with E-state index in [1.54, 1.807) is 0 Å². The van der Waals surface area contributed by atoms with E-state index in [0.29, 0.717) is 5.69 Å². The lowest BCUT2D eigenvalue weighted by atomic mass is 10.0. The van der Waals surface area contributed by atoms with Gasteiger partial charge in [0.1, 0.15) is 5.82 Å². The number of halogens is 2. The minimum absolute atomic E-state index is 0.00593. The maximum Gasteiger partial charge on any atom is 0.255 e. The van der Waals surface area contributed by atoms with Gasteiger partial charge in [-0.3, -0.25) is 4.79 Å². The number of fused-ring (bicyclic) bond motifs is 1. The van der Waals surface area contributed by atoms with Crippen molar-refractivity contribution >= 4 is 28.9 Å². The Labute approximate surface area is 127 Å². The lowest BCUT2D eigenvalue weighted by molar-refractivity contribution is 0.102. The van der Waals surface area contributed by atoms with E-state index in [4.69, 9.17) is 11.6 Å². The molecule has 5 heteroatoms. The molecule has 3 rings (SSSR count). The SMILES string of the molecule is O=C(Nc1ccc2c(c1)CCCN2)c1ccc(Cl)c(F)c1. The smallest absolute Gasteiger partial charge is 0.255 e. The van der Waals surface area contributed by atoms with Crippen LogP contribution in [0, 0.1) is 5.82 Å². The molecule has 3 nitrogen and oxygen atoms in total. The molecule has 0 saturated heterocycles. The fourth-order valence-electron chi connectivity index (χ4n) is 2.39. The molecule has 2 N–H and O–H groups in total. The Bertz CT molecular complexity index is 703. The van der Waals surface area contributed by atoms with Crippen molar-refractivity contribution in [3.8, 4) is 0 Å². The lowest BCUT2D eigenvalue weighted by Gasteiger charge is -2.18. The van der Waals surface area contributed by atoms with Gasteiger partial charge in [-0.15, -0.1) is 0 Å². The molecule has 0 saturated carbocycles. The maximum atomic E-state index is 13.4. The Kier molecular flexibility index (Phi) is 3.80. The second-order valence-corrected chi connectivity index (χ2v) is 5.39. The average molecular weight is 305 g/mol. The molecule has 2 aromatic rings. The van der Waals surface area contributed by atoms with E-state index in [2.05, 4.69) is 10.6 Å². The first-order valence-electron chi connectivity index (χ1n) is 6.77. The van der Waals surface area contributed by atoms with E-state index in [9.17, 15) is 9.18 Å². The van der Waals surface area contributed by atoms with E-state index < -0.39 is 5.82 Å². The molecule has 0 spiro atoms. The third kappa shape index (κ3) is 3.00. The predicted octanol–water partition coefficient (Wildman–Crippen LogP) is 4.09. The van der Waals surface area contributed by atoms with Crippen LogP contribution in [0.25, 0.3) is 0 Å². The van der Waals surface area contributed by atoms with Gasteiger partial charge in [0.15, 0.2) is 0 Å². The normalized spacial score (nSPS) is 13.2. The predicted molar refractivity (Wildman–Crippen MR) is 82.6 cm³/mol. The number of aryl methyl sites for hydroxylation is 1. The van der Waals surface area contributed by atoms with Crippen LogP contribution < -0.4 is 10.6 Å². The van der Waals surface area contributed by atoms with E-state index in [0.717, 1.165) is 31.1 Å². The fraction of sp³-hybridized carbons (Fsp3) is 0.188. The molecule has 1 aliphatic heterocycles. The van der Waals surface area contributed by atoms with Crippen LogP contribution in [0.1, 0.15) is 22.3 Å². The minimum atomic E-state index is -0.598. The van der Waals surface area contributed by atoms with Crippen molar-refractivity contribution in [2.75, 3.05) is 17.2 Å². The number of carbonyl (C=O) groups excluding carboxylic acids is 1. The first-order valence-corrected chi connectivity index (χ1v) is 7.14. The number of hydrogen-bond donors (Lipinski definition) is 2. The summed E-state index contributed by atoms with van der Waals surface area (Å²) in [4.78, 5) is 12.1. The van der Waals surface area contributed by atoms with Crippen molar-refractivity contribution in [1.82, 2.24) is 0 Å². The Hall–Kier alpha value is -2.07. The van der Waals surface area contributed by atoms with Crippen molar-refractivity contribution in [3.63, 3.8) is 0 Å². The van der Waals surface area contributed by atoms with Gasteiger partial charge in [-0.05, 0) is 54.8 Å². The monoisotopic (exact) mass is 304 g/mol. The fourth-order valence-corrected chi connectivity index (χ4v) is 2.51. The first kappa shape index (κ1) is 13.9. The van der Waals surface area contributed by atoms with Crippen LogP contribution in [0.5, 0.6) is 0 Å². The number of carbonyl (C=O) groups is 1. The van der Waals surface area contributed by atoms with Crippen LogP contribution in [-0.2, 0) is 6.42 Å². The number of benzene rings is 2. The molecule has 0 fully saturated rings. The first-order chi connectivity index (χ1) is 10.1. The van der Waals surface area contributed by atoms with Gasteiger partial charge >= 0.3 is 0 Å². The molecular weight excluding hydrogens is 291 g/mol. The van der Waals surface area contributed by atoms with E-state index in [-0.39, 0.29) is 16.5 Å². The number of anilines is 2. The molecule has 0 aromatic heterocycles. The highest BCUT2D eigenvalue weighted by Crippen LogP contribution is 2.25. The van der Waals surface area contributed by atoms with Gasteiger partial charge in [0.25, 0.3) is 5.91 Å². The number of rotatable bonds is 2. The topological polar surface area (TPSA) is 41.1 Å². The third-order valence-corrected chi connectivity index (χ3v) is 3.79. The van der Waals surface area contributed by atoms with E-state index in [1.807, 2.05) is 18.2 Å². The quantitative estimate of drug-likeness (QED) is 0.877. The Morgan fingerprint density at radius 2 is 2.10 bits per heavy atom. The lowest BCUT2D eigenvalue weighted by Crippen LogP contribution is -2.14. The summed E-state index contributed by atoms with van der Waals surface area (Å²) in [6.07, 6.45) is 2.06. The zero-order chi connectivity index (χ0) is 14.8. The van der Waals surface area contributed by atoms with E-state index >= 15 is 0 Å². The molecule has 0 bridgehead atoms. The van der Waals surface area contributed by atoms with Gasteiger partial charge in [0.2, 0.25) is 0 Å². The molecule has 21 heavy (non-hydrogen) atoms. The maximum absolute atomic E-state index is 13.4. The molecule has 1 aliphatic rings. The second-order valence-electron chi connectivity index (χ2n) is 4.99. The van der Waals surface area contributed by atoms with Crippen molar-refractivity contribution < 1.29 is 9.18 Å². The Balaban J connectivity index is 1.79. The molecule has 108 valence electrons. The van der Waals surface area contributed by atoms with Gasteiger partial charge < -0.3 is 10.6 Å². The highest BCUT2D eigenvalue weighted by atomic mass is 35.5. The summed E-state index contributed by atoms with van der Waals surface area (Å²) in [6, 6.07) is 9.75. The molecule has 1 heterocycles. The van der Waals surface area contributed by atoms with Gasteiger partial charge in [0, 0.05) is 23.5 Å². The van der Waals surface area contributed by atoms with Crippen molar-refractivity contribution in [2.45, 2.75) is 12.8 Å². The van der Waals surface area contributed by atoms with Crippen LogP contribution in [0.4, 0.5) is 15.8 Å². The summed E-state index contributed by atoms with van der Waals surface area (Å²) < 4.78 is 13.4. The van der Waals surface area contributed by atoms with Crippen LogP contribution >= 0.6 is 11.6 Å². The zero-order valence-electron chi connectivity index (χ0n) is 11.2. The summed E-state index contributed by atoms with van der Waals surface area (Å²) in [6.45, 7) is 0.975. The Morgan fingerprint density at radius 3 is 2.90 bits per heavy atom. The molecule has 0 aliphatic carbocycles. The highest BCUT2D eigenvalue weighted by molar-refractivity contribution is 6.30. The molecule has 0 unspecified atom stereocenters. The number of nitrogens with one attached hydrogen (secondary N) is 2. The highest BCUT2D eigenvalue weighted by Gasteiger charge is 2.12. The van der Waals surface area contributed by atoms with Gasteiger partial charge in [0.05, 0.1) is 5.02 Å². The number of amides is 1. The van der Waals surface area contributed by atoms with Crippen LogP contribution in [-0.4, -0.2) is 12.5 Å². The second kappa shape index (κ2) is 5.74. The van der Waals surface area contributed by atoms with Crippen LogP contribution in [0.2, 0.25) is 5.02 Å². The zero-order valence-corrected chi connectivity index (χ0v) is 12.0. The molecular formula is C16H14ClFN2O. The molecule has 0 radical (unpaired) electrons. The average Bonchev–Trinajstić information content (AvgIpc) is 2.50. The third-order valence-electron chi connectivity index (χ3n) is 3.48. The van der Waals surface area contributed by atoms with Crippen molar-refractivity contribution in [2.24, 2.45) is 0 Å². The molecule has 0 atom stereocenters. The van der Waals surface area contributed by atoms with Crippen LogP contribution in [0.15, 0.2) is 36.4 Å². The summed E-state index contributed by atoms with van der Waals surface area (Å²) >= 11 is 5.61. The largest absolute Gasteiger partial charge is 0.385 e. The number of hydrogen-bond acceptors (Lipinski definition) is 2. The van der Waals surface area contributed by atoms with Gasteiger partial charge in [-0.25, -0.2) is 4.39 Å². The Morgan fingerprint density at radius 1 is 1.24 bits per heavy atom. The summed E-state index contributed by atoms with van der Waals surface area (Å²) in [5.41, 5.74) is 3.24. The van der Waals surface area contributed by atoms with Crippen molar-refractivity contribution in [3.05, 3.63) is 58.4 Å². The van der Waals surface area contributed by atoms with Gasteiger partial charge in [-0.2, -0.15) is 0 Å². The van der Waals surface area contributed by atoms with Crippen LogP contribution in [0.3, 0.4) is 0 Å². The summed E-state index contributed by atoms with van der Waals surface area (Å²) in [5.74, 6) is -0.951.